The van der Waals surface area contributed by atoms with Crippen molar-refractivity contribution in [2.45, 2.75) is 18.6 Å². The van der Waals surface area contributed by atoms with E-state index in [0.717, 1.165) is 18.8 Å². The van der Waals surface area contributed by atoms with Crippen molar-refractivity contribution in [3.8, 4) is 0 Å². The molecule has 1 fully saturated rings. The van der Waals surface area contributed by atoms with Crippen LogP contribution in [0.2, 0.25) is 0 Å². The Morgan fingerprint density at radius 2 is 2.57 bits per heavy atom. The van der Waals surface area contributed by atoms with Gasteiger partial charge in [-0.15, -0.1) is 0 Å². The van der Waals surface area contributed by atoms with Gasteiger partial charge in [0.05, 0.1) is 12.2 Å². The Hall–Kier alpha value is -1.07. The van der Waals surface area contributed by atoms with Crippen LogP contribution in [0.25, 0.3) is 0 Å². The van der Waals surface area contributed by atoms with Gasteiger partial charge in [-0.3, -0.25) is 5.10 Å². The molecule has 0 unspecified atom stereocenters. The molecule has 0 radical (unpaired) electrons. The lowest BCUT2D eigenvalue weighted by Gasteiger charge is -2.35. The summed E-state index contributed by atoms with van der Waals surface area (Å²) in [6, 6.07) is 1.90. The van der Waals surface area contributed by atoms with Crippen LogP contribution in [0.5, 0.6) is 0 Å². The van der Waals surface area contributed by atoms with Gasteiger partial charge in [-0.25, -0.2) is 0 Å². The lowest BCUT2D eigenvalue weighted by molar-refractivity contribution is -0.0218. The average Bonchev–Trinajstić information content (AvgIpc) is 2.70. The number of aliphatic hydroxyl groups is 1. The predicted molar refractivity (Wildman–Crippen MR) is 52.2 cm³/mol. The van der Waals surface area contributed by atoms with Crippen molar-refractivity contribution in [1.82, 2.24) is 10.2 Å². The molecule has 2 atom stereocenters. The molecular formula is C9H15N3O2. The lowest BCUT2D eigenvalue weighted by Crippen LogP contribution is -2.47. The van der Waals surface area contributed by atoms with Gasteiger partial charge in [-0.2, -0.15) is 5.10 Å². The Bertz CT molecular complexity index is 276. The molecule has 1 aliphatic heterocycles. The van der Waals surface area contributed by atoms with Crippen LogP contribution in [-0.4, -0.2) is 47.7 Å². The highest BCUT2D eigenvalue weighted by Gasteiger charge is 2.28. The largest absolute Gasteiger partial charge is 0.389 e. The van der Waals surface area contributed by atoms with Crippen LogP contribution in [0.15, 0.2) is 12.3 Å². The summed E-state index contributed by atoms with van der Waals surface area (Å²) in [6.45, 7) is 1.46. The van der Waals surface area contributed by atoms with Crippen molar-refractivity contribution >= 4 is 5.82 Å². The highest BCUT2D eigenvalue weighted by Crippen LogP contribution is 2.18. The number of aliphatic hydroxyl groups excluding tert-OH is 1. The number of H-pyrrole nitrogens is 1. The fourth-order valence-corrected chi connectivity index (χ4v) is 1.82. The maximum Gasteiger partial charge on any atom is 0.150 e. The molecule has 78 valence electrons. The fraction of sp³-hybridized carbons (Fsp3) is 0.667. The minimum Gasteiger partial charge on any atom is -0.389 e. The minimum atomic E-state index is -0.426. The van der Waals surface area contributed by atoms with Gasteiger partial charge in [-0.1, -0.05) is 0 Å². The van der Waals surface area contributed by atoms with Crippen molar-refractivity contribution in [3.63, 3.8) is 0 Å². The van der Waals surface area contributed by atoms with Crippen LogP contribution in [-0.2, 0) is 4.74 Å². The summed E-state index contributed by atoms with van der Waals surface area (Å²) in [4.78, 5) is 2.05. The topological polar surface area (TPSA) is 61.4 Å². The lowest BCUT2D eigenvalue weighted by atomic mass is 10.1. The molecule has 2 N–H and O–H groups in total. The molecule has 14 heavy (non-hydrogen) atoms. The Kier molecular flexibility index (Phi) is 2.69. The van der Waals surface area contributed by atoms with Crippen LogP contribution in [0.4, 0.5) is 5.82 Å². The third-order valence-corrected chi connectivity index (χ3v) is 2.63. The van der Waals surface area contributed by atoms with Gasteiger partial charge in [0.1, 0.15) is 5.82 Å². The zero-order valence-electron chi connectivity index (χ0n) is 8.18. The SMILES string of the molecule is CO[C@@H]1CCN(c2cc[nH]n2)C[C@H]1O. The molecule has 1 aromatic heterocycles. The first-order valence-corrected chi connectivity index (χ1v) is 4.77. The van der Waals surface area contributed by atoms with E-state index in [9.17, 15) is 5.11 Å². The number of anilines is 1. The summed E-state index contributed by atoms with van der Waals surface area (Å²) in [7, 11) is 1.64. The molecule has 0 bridgehead atoms. The molecule has 1 saturated heterocycles. The van der Waals surface area contributed by atoms with Gasteiger partial charge < -0.3 is 14.7 Å². The van der Waals surface area contributed by atoms with E-state index in [1.54, 1.807) is 13.3 Å². The number of piperidine rings is 1. The smallest absolute Gasteiger partial charge is 0.150 e. The maximum absolute atomic E-state index is 9.73. The Balaban J connectivity index is 1.99. The van der Waals surface area contributed by atoms with Gasteiger partial charge in [0.2, 0.25) is 0 Å². The number of nitrogens with zero attached hydrogens (tertiary/aromatic N) is 2. The number of rotatable bonds is 2. The highest BCUT2D eigenvalue weighted by atomic mass is 16.5. The number of nitrogens with one attached hydrogen (secondary N) is 1. The predicted octanol–water partition coefficient (Wildman–Crippen LogP) is -0.00430. The van der Waals surface area contributed by atoms with Crippen LogP contribution in [0, 0.1) is 0 Å². The molecule has 0 aromatic carbocycles. The zero-order valence-corrected chi connectivity index (χ0v) is 8.18. The Morgan fingerprint density at radius 3 is 3.14 bits per heavy atom. The standard InChI is InChI=1S/C9H15N3O2/c1-14-8-3-5-12(6-7(8)13)9-2-4-10-11-9/h2,4,7-8,13H,3,5-6H2,1H3,(H,10,11)/t7-,8-/m1/s1. The molecule has 0 aliphatic carbocycles. The number of ether oxygens (including phenoxy) is 1. The summed E-state index contributed by atoms with van der Waals surface area (Å²) >= 11 is 0. The molecule has 5 heteroatoms. The van der Waals surface area contributed by atoms with Crippen molar-refractivity contribution in [1.29, 1.82) is 0 Å². The van der Waals surface area contributed by atoms with Gasteiger partial charge in [-0.05, 0) is 6.42 Å². The van der Waals surface area contributed by atoms with Crippen LogP contribution in [0.3, 0.4) is 0 Å². The van der Waals surface area contributed by atoms with E-state index in [1.807, 2.05) is 6.07 Å². The van der Waals surface area contributed by atoms with E-state index in [0.29, 0.717) is 6.54 Å². The van der Waals surface area contributed by atoms with E-state index in [4.69, 9.17) is 4.74 Å². The second kappa shape index (κ2) is 3.98. The highest BCUT2D eigenvalue weighted by molar-refractivity contribution is 5.37. The second-order valence-corrected chi connectivity index (χ2v) is 3.51. The zero-order chi connectivity index (χ0) is 9.97. The van der Waals surface area contributed by atoms with Gasteiger partial charge >= 0.3 is 0 Å². The molecule has 0 amide bonds. The normalized spacial score (nSPS) is 28.0. The minimum absolute atomic E-state index is 0.0369. The monoisotopic (exact) mass is 197 g/mol. The summed E-state index contributed by atoms with van der Waals surface area (Å²) in [5, 5.41) is 16.6. The Labute approximate surface area is 82.7 Å². The van der Waals surface area contributed by atoms with Crippen molar-refractivity contribution in [2.75, 3.05) is 25.1 Å². The molecule has 1 aliphatic rings. The Morgan fingerprint density at radius 1 is 1.71 bits per heavy atom. The fourth-order valence-electron chi connectivity index (χ4n) is 1.82. The molecule has 0 spiro atoms. The molecule has 1 aromatic rings. The summed E-state index contributed by atoms with van der Waals surface area (Å²) < 4.78 is 5.16. The first kappa shape index (κ1) is 9.48. The molecule has 0 saturated carbocycles. The van der Waals surface area contributed by atoms with Crippen LogP contribution >= 0.6 is 0 Å². The van der Waals surface area contributed by atoms with Crippen molar-refractivity contribution in [3.05, 3.63) is 12.3 Å². The first-order valence-electron chi connectivity index (χ1n) is 4.77. The van der Waals surface area contributed by atoms with Gasteiger partial charge in [0, 0.05) is 32.5 Å². The van der Waals surface area contributed by atoms with Gasteiger partial charge in [0.15, 0.2) is 0 Å². The number of hydrogen-bond donors (Lipinski definition) is 2. The number of hydrogen-bond acceptors (Lipinski definition) is 4. The maximum atomic E-state index is 9.73. The summed E-state index contributed by atoms with van der Waals surface area (Å²) in [6.07, 6.45) is 2.16. The van der Waals surface area contributed by atoms with E-state index in [2.05, 4.69) is 15.1 Å². The average molecular weight is 197 g/mol. The van der Waals surface area contributed by atoms with E-state index >= 15 is 0 Å². The molecular weight excluding hydrogens is 182 g/mol. The molecule has 5 nitrogen and oxygen atoms in total. The number of methoxy groups -OCH3 is 1. The number of β-amino-alcohol motifs (C(OH)–C–C–N with tert-alkyl or cyclic N) is 1. The van der Waals surface area contributed by atoms with Crippen LogP contribution in [0.1, 0.15) is 6.42 Å². The van der Waals surface area contributed by atoms with Gasteiger partial charge in [0.25, 0.3) is 0 Å². The van der Waals surface area contributed by atoms with E-state index in [1.165, 1.54) is 0 Å². The first-order chi connectivity index (χ1) is 6.81. The van der Waals surface area contributed by atoms with Crippen LogP contribution < -0.4 is 4.90 Å². The third kappa shape index (κ3) is 1.73. The third-order valence-electron chi connectivity index (χ3n) is 2.63. The van der Waals surface area contributed by atoms with Crippen molar-refractivity contribution in [2.24, 2.45) is 0 Å². The molecule has 2 heterocycles. The van der Waals surface area contributed by atoms with E-state index < -0.39 is 6.10 Å². The quantitative estimate of drug-likeness (QED) is 0.700. The van der Waals surface area contributed by atoms with E-state index in [-0.39, 0.29) is 6.10 Å². The van der Waals surface area contributed by atoms with Crippen molar-refractivity contribution < 1.29 is 9.84 Å². The summed E-state index contributed by atoms with van der Waals surface area (Å²) in [5.41, 5.74) is 0. The summed E-state index contributed by atoms with van der Waals surface area (Å²) in [5.74, 6) is 0.888. The number of aromatic nitrogens is 2. The molecule has 2 rings (SSSR count). The number of aromatic amines is 1. The second-order valence-electron chi connectivity index (χ2n) is 3.51.